The number of fused-ring (bicyclic) bond motifs is 1. The van der Waals surface area contributed by atoms with Crippen LogP contribution in [0.25, 0.3) is 16.8 Å². The van der Waals surface area contributed by atoms with E-state index in [1.165, 1.54) is 30.3 Å². The van der Waals surface area contributed by atoms with Crippen LogP contribution >= 0.6 is 0 Å². The minimum absolute atomic E-state index is 0.113. The second-order valence-corrected chi connectivity index (χ2v) is 7.11. The number of nitrogens with zero attached hydrogens (tertiary/aromatic N) is 2. The molecule has 146 valence electrons. The van der Waals surface area contributed by atoms with Gasteiger partial charge in [0.1, 0.15) is 11.6 Å². The molecule has 1 amide bonds. The van der Waals surface area contributed by atoms with Gasteiger partial charge in [-0.1, -0.05) is 18.2 Å². The van der Waals surface area contributed by atoms with Crippen LogP contribution in [0.3, 0.4) is 0 Å². The van der Waals surface area contributed by atoms with E-state index in [4.69, 9.17) is 4.74 Å². The molecule has 0 unspecified atom stereocenters. The van der Waals surface area contributed by atoms with E-state index >= 15 is 0 Å². The monoisotopic (exact) mass is 377 g/mol. The Morgan fingerprint density at radius 2 is 1.93 bits per heavy atom. The van der Waals surface area contributed by atoms with E-state index in [1.807, 2.05) is 18.2 Å². The Balaban J connectivity index is 1.74. The molecule has 1 aliphatic heterocycles. The zero-order valence-corrected chi connectivity index (χ0v) is 16.4. The SMILES string of the molecule is COCCCNC(=O)/C(C#N)=C/c1ccc2cc(N3CCCCC3)ccc2c1. The summed E-state index contributed by atoms with van der Waals surface area (Å²) in [4.78, 5) is 14.6. The maximum Gasteiger partial charge on any atom is 0.261 e. The molecule has 0 aromatic heterocycles. The van der Waals surface area contributed by atoms with Gasteiger partial charge in [0.05, 0.1) is 0 Å². The van der Waals surface area contributed by atoms with Crippen LogP contribution in [0, 0.1) is 11.3 Å². The maximum atomic E-state index is 12.2. The molecule has 1 saturated heterocycles. The van der Waals surface area contributed by atoms with Gasteiger partial charge in [0, 0.05) is 39.0 Å². The van der Waals surface area contributed by atoms with E-state index in [1.54, 1.807) is 13.2 Å². The first-order valence-corrected chi connectivity index (χ1v) is 9.89. The first kappa shape index (κ1) is 19.9. The second-order valence-electron chi connectivity index (χ2n) is 7.11. The molecule has 0 radical (unpaired) electrons. The molecule has 1 fully saturated rings. The smallest absolute Gasteiger partial charge is 0.261 e. The number of piperidine rings is 1. The van der Waals surface area contributed by atoms with Crippen molar-refractivity contribution in [2.45, 2.75) is 25.7 Å². The molecule has 0 saturated carbocycles. The van der Waals surface area contributed by atoms with Crippen molar-refractivity contribution in [2.75, 3.05) is 38.3 Å². The first-order valence-electron chi connectivity index (χ1n) is 9.89. The minimum atomic E-state index is -0.348. The van der Waals surface area contributed by atoms with Crippen LogP contribution in [-0.4, -0.2) is 39.3 Å². The van der Waals surface area contributed by atoms with E-state index < -0.39 is 0 Å². The number of ether oxygens (including phenoxy) is 1. The molecule has 0 atom stereocenters. The summed E-state index contributed by atoms with van der Waals surface area (Å²) in [5.74, 6) is -0.348. The van der Waals surface area contributed by atoms with Crippen molar-refractivity contribution < 1.29 is 9.53 Å². The van der Waals surface area contributed by atoms with Gasteiger partial charge in [0.15, 0.2) is 0 Å². The molecule has 3 rings (SSSR count). The van der Waals surface area contributed by atoms with Gasteiger partial charge in [-0.3, -0.25) is 4.79 Å². The number of benzene rings is 2. The van der Waals surface area contributed by atoms with Gasteiger partial charge >= 0.3 is 0 Å². The Hall–Kier alpha value is -2.84. The highest BCUT2D eigenvalue weighted by atomic mass is 16.5. The number of carbonyl (C=O) groups is 1. The quantitative estimate of drug-likeness (QED) is 0.452. The van der Waals surface area contributed by atoms with Gasteiger partial charge in [-0.05, 0) is 66.3 Å². The lowest BCUT2D eigenvalue weighted by Gasteiger charge is -2.29. The lowest BCUT2D eigenvalue weighted by molar-refractivity contribution is -0.117. The predicted molar refractivity (Wildman–Crippen MR) is 113 cm³/mol. The predicted octanol–water partition coefficient (Wildman–Crippen LogP) is 3.89. The highest BCUT2D eigenvalue weighted by Crippen LogP contribution is 2.26. The molecule has 1 aliphatic rings. The summed E-state index contributed by atoms with van der Waals surface area (Å²) in [5, 5.41) is 14.4. The minimum Gasteiger partial charge on any atom is -0.385 e. The maximum absolute atomic E-state index is 12.2. The third-order valence-electron chi connectivity index (χ3n) is 5.06. The molecule has 2 aromatic rings. The van der Waals surface area contributed by atoms with Gasteiger partial charge in [-0.25, -0.2) is 0 Å². The number of methoxy groups -OCH3 is 1. The van der Waals surface area contributed by atoms with Crippen LogP contribution in [0.1, 0.15) is 31.2 Å². The van der Waals surface area contributed by atoms with Crippen LogP contribution in [0.2, 0.25) is 0 Å². The first-order chi connectivity index (χ1) is 13.7. The Kier molecular flexibility index (Phi) is 7.05. The molecular weight excluding hydrogens is 350 g/mol. The lowest BCUT2D eigenvalue weighted by Crippen LogP contribution is -2.29. The van der Waals surface area contributed by atoms with Crippen LogP contribution in [-0.2, 0) is 9.53 Å². The summed E-state index contributed by atoms with van der Waals surface area (Å²) < 4.78 is 4.96. The Labute approximate surface area is 166 Å². The molecular formula is C23H27N3O2. The Morgan fingerprint density at radius 3 is 2.68 bits per heavy atom. The fourth-order valence-corrected chi connectivity index (χ4v) is 3.52. The molecule has 5 heteroatoms. The van der Waals surface area contributed by atoms with Crippen molar-refractivity contribution in [3.8, 4) is 6.07 Å². The van der Waals surface area contributed by atoms with Crippen LogP contribution in [0.4, 0.5) is 5.69 Å². The molecule has 1 N–H and O–H groups in total. The van der Waals surface area contributed by atoms with E-state index in [0.717, 1.165) is 30.5 Å². The summed E-state index contributed by atoms with van der Waals surface area (Å²) in [6.45, 7) is 3.31. The number of nitrogens with one attached hydrogen (secondary N) is 1. The van der Waals surface area contributed by atoms with Crippen molar-refractivity contribution in [1.29, 1.82) is 5.26 Å². The average Bonchev–Trinajstić information content (AvgIpc) is 2.75. The second kappa shape index (κ2) is 9.91. The third-order valence-corrected chi connectivity index (χ3v) is 5.06. The molecule has 0 bridgehead atoms. The number of hydrogen-bond donors (Lipinski definition) is 1. The van der Waals surface area contributed by atoms with Crippen LogP contribution < -0.4 is 10.2 Å². The number of nitriles is 1. The molecule has 5 nitrogen and oxygen atoms in total. The van der Waals surface area contributed by atoms with Gasteiger partial charge < -0.3 is 15.0 Å². The highest BCUT2D eigenvalue weighted by Gasteiger charge is 2.12. The van der Waals surface area contributed by atoms with Gasteiger partial charge in [-0.15, -0.1) is 0 Å². The summed E-state index contributed by atoms with van der Waals surface area (Å²) in [6.07, 6.45) is 6.19. The van der Waals surface area contributed by atoms with Gasteiger partial charge in [-0.2, -0.15) is 5.26 Å². The summed E-state index contributed by atoms with van der Waals surface area (Å²) in [5.41, 5.74) is 2.23. The lowest BCUT2D eigenvalue weighted by atomic mass is 10.0. The van der Waals surface area contributed by atoms with E-state index in [0.29, 0.717) is 13.2 Å². The van der Waals surface area contributed by atoms with Gasteiger partial charge in [0.25, 0.3) is 5.91 Å². The third kappa shape index (κ3) is 5.11. The fourth-order valence-electron chi connectivity index (χ4n) is 3.52. The number of hydrogen-bond acceptors (Lipinski definition) is 4. The number of carbonyl (C=O) groups excluding carboxylic acids is 1. The van der Waals surface area contributed by atoms with Crippen molar-refractivity contribution in [3.05, 3.63) is 47.5 Å². The zero-order valence-electron chi connectivity index (χ0n) is 16.4. The van der Waals surface area contributed by atoms with E-state index in [2.05, 4.69) is 34.5 Å². The van der Waals surface area contributed by atoms with E-state index in [9.17, 15) is 10.1 Å². The summed E-state index contributed by atoms with van der Waals surface area (Å²) >= 11 is 0. The Morgan fingerprint density at radius 1 is 1.18 bits per heavy atom. The van der Waals surface area contributed by atoms with Crippen molar-refractivity contribution in [2.24, 2.45) is 0 Å². The van der Waals surface area contributed by atoms with Crippen molar-refractivity contribution >= 4 is 28.4 Å². The van der Waals surface area contributed by atoms with Crippen LogP contribution in [0.5, 0.6) is 0 Å². The molecule has 0 spiro atoms. The number of rotatable bonds is 7. The molecule has 0 aliphatic carbocycles. The van der Waals surface area contributed by atoms with Crippen molar-refractivity contribution in [1.82, 2.24) is 5.32 Å². The zero-order chi connectivity index (χ0) is 19.8. The number of anilines is 1. The summed E-state index contributed by atoms with van der Waals surface area (Å²) in [6, 6.07) is 14.5. The Bertz CT molecular complexity index is 892. The standard InChI is InChI=1S/C23H27N3O2/c1-28-13-5-10-25-23(27)21(17-24)15-18-6-7-20-16-22(9-8-19(20)14-18)26-11-3-2-4-12-26/h6-9,14-16H,2-5,10-13H2,1H3,(H,25,27)/b21-15+. The van der Waals surface area contributed by atoms with E-state index in [-0.39, 0.29) is 11.5 Å². The number of amides is 1. The summed E-state index contributed by atoms with van der Waals surface area (Å²) in [7, 11) is 1.62. The highest BCUT2D eigenvalue weighted by molar-refractivity contribution is 6.02. The normalized spacial score (nSPS) is 14.7. The molecule has 2 aromatic carbocycles. The largest absolute Gasteiger partial charge is 0.385 e. The molecule has 28 heavy (non-hydrogen) atoms. The molecule has 1 heterocycles. The van der Waals surface area contributed by atoms with Crippen molar-refractivity contribution in [3.63, 3.8) is 0 Å². The topological polar surface area (TPSA) is 65.4 Å². The van der Waals surface area contributed by atoms with Crippen LogP contribution in [0.15, 0.2) is 42.0 Å². The average molecular weight is 377 g/mol. The fraction of sp³-hybridized carbons (Fsp3) is 0.391. The van der Waals surface area contributed by atoms with Gasteiger partial charge in [0.2, 0.25) is 0 Å².